The molecule has 2 aliphatic rings. The lowest BCUT2D eigenvalue weighted by Crippen LogP contribution is -2.46. The van der Waals surface area contributed by atoms with E-state index >= 15 is 0 Å². The van der Waals surface area contributed by atoms with Gasteiger partial charge in [-0.25, -0.2) is 9.78 Å². The molecule has 3 rings (SSSR count). The molecule has 0 bridgehead atoms. The number of hydrogen-bond acceptors (Lipinski definition) is 4. The predicted molar refractivity (Wildman–Crippen MR) is 85.2 cm³/mol. The van der Waals surface area contributed by atoms with Gasteiger partial charge in [-0.3, -0.25) is 4.79 Å². The number of pyridine rings is 1. The molecule has 23 heavy (non-hydrogen) atoms. The van der Waals surface area contributed by atoms with E-state index in [9.17, 15) is 14.7 Å². The molecule has 124 valence electrons. The maximum Gasteiger partial charge on any atom is 0.317 e. The number of rotatable bonds is 3. The van der Waals surface area contributed by atoms with Gasteiger partial charge in [-0.2, -0.15) is 0 Å². The summed E-state index contributed by atoms with van der Waals surface area (Å²) >= 11 is 0. The standard InChI is InChI=1S/C16H22N4O3/c1-11(2)18-15(23)20-8-12-7-19(13-5-3-4-6-17-13)9-16(12,10-20)14(21)22/h3-6,11-12H,7-10H2,1-2H3,(H,18,23)(H,21,22)/t12-,16-/m0/s1. The molecule has 0 aromatic carbocycles. The molecule has 2 aliphatic heterocycles. The number of anilines is 1. The summed E-state index contributed by atoms with van der Waals surface area (Å²) in [6.07, 6.45) is 1.71. The zero-order chi connectivity index (χ0) is 16.6. The Kier molecular flexibility index (Phi) is 3.87. The molecule has 0 aliphatic carbocycles. The maximum atomic E-state index is 12.2. The second-order valence-corrected chi connectivity index (χ2v) is 6.71. The van der Waals surface area contributed by atoms with Crippen LogP contribution in [0.4, 0.5) is 10.6 Å². The van der Waals surface area contributed by atoms with Crippen molar-refractivity contribution in [2.24, 2.45) is 11.3 Å². The first-order valence-electron chi connectivity index (χ1n) is 7.87. The third-order valence-corrected chi connectivity index (χ3v) is 4.71. The Morgan fingerprint density at radius 3 is 2.70 bits per heavy atom. The Morgan fingerprint density at radius 2 is 2.13 bits per heavy atom. The Labute approximate surface area is 135 Å². The van der Waals surface area contributed by atoms with Gasteiger partial charge in [0.1, 0.15) is 11.2 Å². The van der Waals surface area contributed by atoms with Crippen molar-refractivity contribution >= 4 is 17.8 Å². The molecule has 1 aromatic rings. The van der Waals surface area contributed by atoms with Gasteiger partial charge in [0.05, 0.1) is 0 Å². The molecule has 2 amide bonds. The van der Waals surface area contributed by atoms with Gasteiger partial charge in [0.15, 0.2) is 0 Å². The largest absolute Gasteiger partial charge is 0.481 e. The van der Waals surface area contributed by atoms with Gasteiger partial charge in [0.25, 0.3) is 0 Å². The molecule has 7 heteroatoms. The summed E-state index contributed by atoms with van der Waals surface area (Å²) in [5.41, 5.74) is -0.911. The maximum absolute atomic E-state index is 12.2. The topological polar surface area (TPSA) is 85.8 Å². The lowest BCUT2D eigenvalue weighted by atomic mass is 9.81. The van der Waals surface area contributed by atoms with E-state index in [2.05, 4.69) is 10.3 Å². The average Bonchev–Trinajstić information content (AvgIpc) is 3.02. The molecular weight excluding hydrogens is 296 g/mol. The number of carboxylic acid groups (broad SMARTS) is 1. The number of likely N-dealkylation sites (tertiary alicyclic amines) is 1. The number of amides is 2. The van der Waals surface area contributed by atoms with Crippen LogP contribution in [0.25, 0.3) is 0 Å². The van der Waals surface area contributed by atoms with Gasteiger partial charge >= 0.3 is 12.0 Å². The highest BCUT2D eigenvalue weighted by molar-refractivity contribution is 5.82. The van der Waals surface area contributed by atoms with E-state index in [4.69, 9.17) is 0 Å². The third kappa shape index (κ3) is 2.71. The van der Waals surface area contributed by atoms with Crippen molar-refractivity contribution in [2.75, 3.05) is 31.1 Å². The Bertz CT molecular complexity index is 607. The van der Waals surface area contributed by atoms with Gasteiger partial charge in [0, 0.05) is 44.3 Å². The van der Waals surface area contributed by atoms with Crippen LogP contribution in [0.5, 0.6) is 0 Å². The summed E-state index contributed by atoms with van der Waals surface area (Å²) in [5.74, 6) is -0.124. The number of aromatic nitrogens is 1. The Hall–Kier alpha value is -2.31. The number of nitrogens with zero attached hydrogens (tertiary/aromatic N) is 3. The minimum atomic E-state index is -0.911. The minimum Gasteiger partial charge on any atom is -0.481 e. The summed E-state index contributed by atoms with van der Waals surface area (Å²) < 4.78 is 0. The van der Waals surface area contributed by atoms with E-state index in [0.29, 0.717) is 19.6 Å². The fraction of sp³-hybridized carbons (Fsp3) is 0.562. The van der Waals surface area contributed by atoms with E-state index < -0.39 is 11.4 Å². The van der Waals surface area contributed by atoms with Crippen molar-refractivity contribution in [1.82, 2.24) is 15.2 Å². The number of aliphatic carboxylic acids is 1. The average molecular weight is 318 g/mol. The van der Waals surface area contributed by atoms with E-state index in [-0.39, 0.29) is 24.5 Å². The molecule has 2 saturated heterocycles. The zero-order valence-electron chi connectivity index (χ0n) is 13.4. The molecule has 0 unspecified atom stereocenters. The van der Waals surface area contributed by atoms with Crippen LogP contribution in [-0.4, -0.2) is 59.2 Å². The summed E-state index contributed by atoms with van der Waals surface area (Å²) in [4.78, 5) is 32.1. The number of nitrogens with one attached hydrogen (secondary N) is 1. The number of carbonyl (C=O) groups excluding carboxylic acids is 1. The van der Waals surface area contributed by atoms with Crippen molar-refractivity contribution in [3.63, 3.8) is 0 Å². The van der Waals surface area contributed by atoms with Crippen LogP contribution >= 0.6 is 0 Å². The van der Waals surface area contributed by atoms with Gasteiger partial charge in [-0.15, -0.1) is 0 Å². The molecule has 2 atom stereocenters. The molecule has 0 spiro atoms. The van der Waals surface area contributed by atoms with E-state index in [1.54, 1.807) is 11.1 Å². The molecule has 2 N–H and O–H groups in total. The van der Waals surface area contributed by atoms with Gasteiger partial charge in [0.2, 0.25) is 0 Å². The normalized spacial score (nSPS) is 26.5. The first-order valence-corrected chi connectivity index (χ1v) is 7.87. The Balaban J connectivity index is 1.78. The highest BCUT2D eigenvalue weighted by Gasteiger charge is 2.58. The quantitative estimate of drug-likeness (QED) is 0.869. The van der Waals surface area contributed by atoms with Crippen LogP contribution in [0, 0.1) is 11.3 Å². The first-order chi connectivity index (χ1) is 10.9. The number of hydrogen-bond donors (Lipinski definition) is 2. The van der Waals surface area contributed by atoms with E-state index in [1.807, 2.05) is 36.9 Å². The molecule has 3 heterocycles. The van der Waals surface area contributed by atoms with Gasteiger partial charge < -0.3 is 20.2 Å². The summed E-state index contributed by atoms with van der Waals surface area (Å²) in [7, 11) is 0. The van der Waals surface area contributed by atoms with Crippen LogP contribution in [0.1, 0.15) is 13.8 Å². The number of carboxylic acids is 1. The zero-order valence-corrected chi connectivity index (χ0v) is 13.4. The van der Waals surface area contributed by atoms with Crippen molar-refractivity contribution in [3.05, 3.63) is 24.4 Å². The second kappa shape index (κ2) is 5.72. The fourth-order valence-corrected chi connectivity index (χ4v) is 3.58. The van der Waals surface area contributed by atoms with Crippen molar-refractivity contribution in [3.8, 4) is 0 Å². The predicted octanol–water partition coefficient (Wildman–Crippen LogP) is 1.02. The van der Waals surface area contributed by atoms with Crippen molar-refractivity contribution in [2.45, 2.75) is 19.9 Å². The van der Waals surface area contributed by atoms with Crippen LogP contribution in [-0.2, 0) is 4.79 Å². The number of carbonyl (C=O) groups is 2. The molecular formula is C16H22N4O3. The molecule has 7 nitrogen and oxygen atoms in total. The van der Waals surface area contributed by atoms with E-state index in [0.717, 1.165) is 5.82 Å². The number of fused-ring (bicyclic) bond motifs is 1. The Morgan fingerprint density at radius 1 is 1.35 bits per heavy atom. The molecule has 1 aromatic heterocycles. The summed E-state index contributed by atoms with van der Waals surface area (Å²) in [5, 5.41) is 12.7. The van der Waals surface area contributed by atoms with E-state index in [1.165, 1.54) is 0 Å². The highest BCUT2D eigenvalue weighted by atomic mass is 16.4. The summed E-state index contributed by atoms with van der Waals surface area (Å²) in [6.45, 7) is 5.49. The van der Waals surface area contributed by atoms with Crippen LogP contribution in [0.3, 0.4) is 0 Å². The second-order valence-electron chi connectivity index (χ2n) is 6.71. The van der Waals surface area contributed by atoms with Crippen molar-refractivity contribution < 1.29 is 14.7 Å². The first kappa shape index (κ1) is 15.6. The number of urea groups is 1. The third-order valence-electron chi connectivity index (χ3n) is 4.71. The molecule has 0 saturated carbocycles. The summed E-state index contributed by atoms with van der Waals surface area (Å²) in [6, 6.07) is 5.48. The smallest absolute Gasteiger partial charge is 0.317 e. The molecule has 2 fully saturated rings. The van der Waals surface area contributed by atoms with Crippen molar-refractivity contribution in [1.29, 1.82) is 0 Å². The van der Waals surface area contributed by atoms with Gasteiger partial charge in [-0.05, 0) is 26.0 Å². The monoisotopic (exact) mass is 318 g/mol. The van der Waals surface area contributed by atoms with Gasteiger partial charge in [-0.1, -0.05) is 6.07 Å². The SMILES string of the molecule is CC(C)NC(=O)N1C[C@@H]2CN(c3ccccn3)C[C@]2(C(=O)O)C1. The van der Waals surface area contributed by atoms with Crippen LogP contribution < -0.4 is 10.2 Å². The van der Waals surface area contributed by atoms with Crippen LogP contribution in [0.15, 0.2) is 24.4 Å². The van der Waals surface area contributed by atoms with Crippen LogP contribution in [0.2, 0.25) is 0 Å². The lowest BCUT2D eigenvalue weighted by Gasteiger charge is -2.26. The highest BCUT2D eigenvalue weighted by Crippen LogP contribution is 2.43. The lowest BCUT2D eigenvalue weighted by molar-refractivity contribution is -0.148. The molecule has 0 radical (unpaired) electrons. The fourth-order valence-electron chi connectivity index (χ4n) is 3.58. The minimum absolute atomic E-state index is 0.0359.